The van der Waals surface area contributed by atoms with E-state index in [2.05, 4.69) is 9.47 Å². The summed E-state index contributed by atoms with van der Waals surface area (Å²) in [6.45, 7) is 0. The maximum absolute atomic E-state index is 12.7. The number of alkyl halides is 2. The fourth-order valence-electron chi connectivity index (χ4n) is 1.09. The van der Waals surface area contributed by atoms with Crippen LogP contribution >= 0.6 is 0 Å². The second kappa shape index (κ2) is 1.91. The molecule has 2 heterocycles. The Hall–Kier alpha value is -0.710. The standard InChI is InChI=1S/C6H6F2O3/c7-6(8)2-1-3(9)10-5-4(6)11-5/h4-5H,1-2H2. The number of epoxide rings is 1. The van der Waals surface area contributed by atoms with E-state index in [1.807, 2.05) is 0 Å². The molecular weight excluding hydrogens is 158 g/mol. The molecule has 2 unspecified atom stereocenters. The van der Waals surface area contributed by atoms with Gasteiger partial charge in [-0.15, -0.1) is 0 Å². The summed E-state index contributed by atoms with van der Waals surface area (Å²) >= 11 is 0. The highest BCUT2D eigenvalue weighted by Gasteiger charge is 2.61. The van der Waals surface area contributed by atoms with Crippen LogP contribution in [0.15, 0.2) is 0 Å². The summed E-state index contributed by atoms with van der Waals surface area (Å²) in [5.41, 5.74) is 0. The molecule has 0 spiro atoms. The molecule has 0 aromatic heterocycles. The average Bonchev–Trinajstić information content (AvgIpc) is 2.62. The molecule has 0 aromatic rings. The topological polar surface area (TPSA) is 38.8 Å². The van der Waals surface area contributed by atoms with Gasteiger partial charge in [0.25, 0.3) is 5.92 Å². The Morgan fingerprint density at radius 3 is 3.00 bits per heavy atom. The van der Waals surface area contributed by atoms with Gasteiger partial charge in [0, 0.05) is 6.42 Å². The molecule has 2 aliphatic rings. The predicted molar refractivity (Wildman–Crippen MR) is 28.9 cm³/mol. The first kappa shape index (κ1) is 6.97. The van der Waals surface area contributed by atoms with Crippen molar-refractivity contribution in [2.45, 2.75) is 31.2 Å². The Bertz CT molecular complexity index is 204. The fourth-order valence-corrected chi connectivity index (χ4v) is 1.09. The third-order valence-corrected chi connectivity index (χ3v) is 1.78. The van der Waals surface area contributed by atoms with Gasteiger partial charge in [0.1, 0.15) is 0 Å². The van der Waals surface area contributed by atoms with E-state index >= 15 is 0 Å². The Morgan fingerprint density at radius 1 is 1.55 bits per heavy atom. The first-order valence-corrected chi connectivity index (χ1v) is 3.32. The van der Waals surface area contributed by atoms with Crippen molar-refractivity contribution in [3.05, 3.63) is 0 Å². The minimum Gasteiger partial charge on any atom is -0.433 e. The van der Waals surface area contributed by atoms with Gasteiger partial charge in [-0.05, 0) is 0 Å². The summed E-state index contributed by atoms with van der Waals surface area (Å²) in [5, 5.41) is 0. The maximum Gasteiger partial charge on any atom is 0.308 e. The minimum absolute atomic E-state index is 0.219. The molecule has 0 saturated carbocycles. The molecule has 2 aliphatic heterocycles. The zero-order valence-corrected chi connectivity index (χ0v) is 5.55. The Kier molecular flexibility index (Phi) is 1.21. The van der Waals surface area contributed by atoms with Crippen molar-refractivity contribution >= 4 is 5.97 Å². The van der Waals surface area contributed by atoms with Crippen LogP contribution in [0.4, 0.5) is 8.78 Å². The lowest BCUT2D eigenvalue weighted by Gasteiger charge is -2.08. The highest BCUT2D eigenvalue weighted by atomic mass is 19.3. The van der Waals surface area contributed by atoms with Crippen molar-refractivity contribution in [3.63, 3.8) is 0 Å². The molecular formula is C6H6F2O3. The lowest BCUT2D eigenvalue weighted by molar-refractivity contribution is -0.149. The Morgan fingerprint density at radius 2 is 2.27 bits per heavy atom. The van der Waals surface area contributed by atoms with Crippen LogP contribution in [0.3, 0.4) is 0 Å². The summed E-state index contributed by atoms with van der Waals surface area (Å²) < 4.78 is 34.4. The van der Waals surface area contributed by atoms with Gasteiger partial charge in [-0.3, -0.25) is 4.79 Å². The molecule has 2 atom stereocenters. The highest BCUT2D eigenvalue weighted by molar-refractivity contribution is 5.70. The van der Waals surface area contributed by atoms with Gasteiger partial charge >= 0.3 is 5.97 Å². The normalized spacial score (nSPS) is 40.4. The van der Waals surface area contributed by atoms with Crippen LogP contribution in [0, 0.1) is 0 Å². The molecule has 0 aromatic carbocycles. The van der Waals surface area contributed by atoms with E-state index in [1.54, 1.807) is 0 Å². The first-order chi connectivity index (χ1) is 5.09. The second-order valence-corrected chi connectivity index (χ2v) is 2.68. The van der Waals surface area contributed by atoms with Crippen LogP contribution in [0.2, 0.25) is 0 Å². The lowest BCUT2D eigenvalue weighted by atomic mass is 10.1. The van der Waals surface area contributed by atoms with Gasteiger partial charge in [-0.25, -0.2) is 8.78 Å². The van der Waals surface area contributed by atoms with Crippen LogP contribution in [0.25, 0.3) is 0 Å². The molecule has 2 rings (SSSR count). The van der Waals surface area contributed by atoms with Crippen LogP contribution in [0.1, 0.15) is 12.8 Å². The van der Waals surface area contributed by atoms with E-state index in [0.29, 0.717) is 0 Å². The first-order valence-electron chi connectivity index (χ1n) is 3.32. The van der Waals surface area contributed by atoms with E-state index in [0.717, 1.165) is 0 Å². The molecule has 62 valence electrons. The highest BCUT2D eigenvalue weighted by Crippen LogP contribution is 2.42. The summed E-state index contributed by atoms with van der Waals surface area (Å²) in [6.07, 6.45) is -2.86. The van der Waals surface area contributed by atoms with E-state index < -0.39 is 30.7 Å². The van der Waals surface area contributed by atoms with E-state index in [9.17, 15) is 13.6 Å². The largest absolute Gasteiger partial charge is 0.433 e. The van der Waals surface area contributed by atoms with Gasteiger partial charge in [-0.1, -0.05) is 0 Å². The van der Waals surface area contributed by atoms with Crippen molar-refractivity contribution in [1.82, 2.24) is 0 Å². The number of ether oxygens (including phenoxy) is 2. The smallest absolute Gasteiger partial charge is 0.308 e. The summed E-state index contributed by atoms with van der Waals surface area (Å²) in [4.78, 5) is 10.6. The Labute approximate surface area is 61.3 Å². The van der Waals surface area contributed by atoms with Crippen LogP contribution < -0.4 is 0 Å². The van der Waals surface area contributed by atoms with Gasteiger partial charge in [0.15, 0.2) is 6.10 Å². The number of fused-ring (bicyclic) bond motifs is 1. The van der Waals surface area contributed by atoms with Crippen molar-refractivity contribution in [2.75, 3.05) is 0 Å². The number of carbonyl (C=O) groups excluding carboxylic acids is 1. The molecule has 0 amide bonds. The van der Waals surface area contributed by atoms with Gasteiger partial charge in [-0.2, -0.15) is 0 Å². The maximum atomic E-state index is 12.7. The SMILES string of the molecule is O=C1CCC(F)(F)C2OC2O1. The third kappa shape index (κ3) is 1.09. The molecule has 2 fully saturated rings. The zero-order valence-electron chi connectivity index (χ0n) is 5.55. The summed E-state index contributed by atoms with van der Waals surface area (Å²) in [6, 6.07) is 0. The van der Waals surface area contributed by atoms with E-state index in [4.69, 9.17) is 0 Å². The number of halogens is 2. The molecule has 0 bridgehead atoms. The second-order valence-electron chi connectivity index (χ2n) is 2.68. The molecule has 2 saturated heterocycles. The minimum atomic E-state index is -2.89. The van der Waals surface area contributed by atoms with Crippen molar-refractivity contribution in [2.24, 2.45) is 0 Å². The summed E-state index contributed by atoms with van der Waals surface area (Å²) in [7, 11) is 0. The molecule has 3 nitrogen and oxygen atoms in total. The fraction of sp³-hybridized carbons (Fsp3) is 0.833. The van der Waals surface area contributed by atoms with Gasteiger partial charge in [0.2, 0.25) is 6.29 Å². The number of carbonyl (C=O) groups is 1. The van der Waals surface area contributed by atoms with E-state index in [-0.39, 0.29) is 6.42 Å². The zero-order chi connectivity index (χ0) is 8.06. The molecule has 0 N–H and O–H groups in total. The van der Waals surface area contributed by atoms with Crippen molar-refractivity contribution < 1.29 is 23.0 Å². The molecule has 11 heavy (non-hydrogen) atoms. The van der Waals surface area contributed by atoms with Crippen LogP contribution in [-0.2, 0) is 14.3 Å². The van der Waals surface area contributed by atoms with Crippen LogP contribution in [0.5, 0.6) is 0 Å². The third-order valence-electron chi connectivity index (χ3n) is 1.78. The number of hydrogen-bond acceptors (Lipinski definition) is 3. The number of hydrogen-bond donors (Lipinski definition) is 0. The number of esters is 1. The average molecular weight is 164 g/mol. The van der Waals surface area contributed by atoms with E-state index in [1.165, 1.54) is 0 Å². The quantitative estimate of drug-likeness (QED) is 0.390. The van der Waals surface area contributed by atoms with Crippen LogP contribution in [-0.4, -0.2) is 24.3 Å². The summed E-state index contributed by atoms with van der Waals surface area (Å²) in [5.74, 6) is -3.49. The monoisotopic (exact) mass is 164 g/mol. The number of rotatable bonds is 0. The predicted octanol–water partition coefficient (Wildman–Crippen LogP) is 0.684. The van der Waals surface area contributed by atoms with Gasteiger partial charge in [0.05, 0.1) is 6.42 Å². The molecule has 5 heteroatoms. The Balaban J connectivity index is 2.12. The van der Waals surface area contributed by atoms with Crippen molar-refractivity contribution in [3.8, 4) is 0 Å². The lowest BCUT2D eigenvalue weighted by Crippen LogP contribution is -2.23. The van der Waals surface area contributed by atoms with Crippen molar-refractivity contribution in [1.29, 1.82) is 0 Å². The molecule has 0 aliphatic carbocycles. The van der Waals surface area contributed by atoms with Gasteiger partial charge < -0.3 is 9.47 Å². The molecule has 0 radical (unpaired) electrons.